The first-order valence-electron chi connectivity index (χ1n) is 8.16. The smallest absolute Gasteiger partial charge is 0.338 e. The average Bonchev–Trinajstić information content (AvgIpc) is 3.13. The van der Waals surface area contributed by atoms with Gasteiger partial charge in [-0.2, -0.15) is 0 Å². The number of thiophene rings is 1. The Morgan fingerprint density at radius 2 is 1.78 bits per heavy atom. The Bertz CT molecular complexity index is 844. The van der Waals surface area contributed by atoms with Crippen molar-refractivity contribution in [2.45, 2.75) is 26.5 Å². The number of carbonyl (C=O) groups is 3. The number of ketones is 1. The summed E-state index contributed by atoms with van der Waals surface area (Å²) in [5, 5.41) is 2.67. The second-order valence-electron chi connectivity index (χ2n) is 5.66. The van der Waals surface area contributed by atoms with Gasteiger partial charge in [-0.25, -0.2) is 4.79 Å². The fourth-order valence-corrected chi connectivity index (χ4v) is 3.23. The molecule has 2 aromatic rings. The van der Waals surface area contributed by atoms with E-state index in [1.54, 1.807) is 18.2 Å². The highest BCUT2D eigenvalue weighted by atomic mass is 32.1. The molecule has 0 saturated carbocycles. The molecule has 0 spiro atoms. The van der Waals surface area contributed by atoms with E-state index in [4.69, 9.17) is 14.2 Å². The zero-order valence-electron chi connectivity index (χ0n) is 15.5. The van der Waals surface area contributed by atoms with Crippen molar-refractivity contribution in [3.8, 4) is 11.5 Å². The lowest BCUT2D eigenvalue weighted by Gasteiger charge is -2.13. The Hall–Kier alpha value is -2.87. The molecule has 8 heteroatoms. The maximum Gasteiger partial charge on any atom is 0.338 e. The Balaban J connectivity index is 2.03. The van der Waals surface area contributed by atoms with Gasteiger partial charge in [0, 0.05) is 11.8 Å². The van der Waals surface area contributed by atoms with Crippen LogP contribution in [-0.2, 0) is 16.1 Å². The lowest BCUT2D eigenvalue weighted by molar-refractivity contribution is -0.119. The van der Waals surface area contributed by atoms with Gasteiger partial charge in [0.1, 0.15) is 0 Å². The minimum Gasteiger partial charge on any atom is -0.493 e. The molecule has 0 aliphatic carbocycles. The van der Waals surface area contributed by atoms with E-state index in [0.717, 1.165) is 4.88 Å². The van der Waals surface area contributed by atoms with Crippen LogP contribution >= 0.6 is 11.3 Å². The number of Topliss-reactive ketones (excluding diaryl/α,β-unsaturated/α-hetero) is 1. The Morgan fingerprint density at radius 3 is 2.41 bits per heavy atom. The standard InChI is InChI=1S/C19H21NO6S/c1-11(18(22)17-8-6-14(27-17)10-20-12(2)21)26-19(23)13-5-7-15(24-3)16(9-13)25-4/h5-9,11H,10H2,1-4H3,(H,20,21). The second-order valence-corrected chi connectivity index (χ2v) is 6.83. The monoisotopic (exact) mass is 391 g/mol. The number of esters is 1. The molecular formula is C19H21NO6S. The van der Waals surface area contributed by atoms with Crippen LogP contribution in [0.5, 0.6) is 11.5 Å². The van der Waals surface area contributed by atoms with Crippen molar-refractivity contribution in [3.63, 3.8) is 0 Å². The molecule has 27 heavy (non-hydrogen) atoms. The van der Waals surface area contributed by atoms with Crippen molar-refractivity contribution in [2.75, 3.05) is 14.2 Å². The Morgan fingerprint density at radius 1 is 1.07 bits per heavy atom. The van der Waals surface area contributed by atoms with Crippen molar-refractivity contribution in [1.82, 2.24) is 5.32 Å². The molecule has 0 radical (unpaired) electrons. The molecule has 0 bridgehead atoms. The molecule has 144 valence electrons. The number of amides is 1. The minimum absolute atomic E-state index is 0.145. The van der Waals surface area contributed by atoms with Crippen LogP contribution in [0, 0.1) is 0 Å². The van der Waals surface area contributed by atoms with Gasteiger partial charge in [-0.05, 0) is 37.3 Å². The highest BCUT2D eigenvalue weighted by molar-refractivity contribution is 7.14. The average molecular weight is 391 g/mol. The molecule has 0 aliphatic rings. The fraction of sp³-hybridized carbons (Fsp3) is 0.316. The third kappa shape index (κ3) is 5.30. The van der Waals surface area contributed by atoms with Crippen LogP contribution in [0.15, 0.2) is 30.3 Å². The molecule has 1 N–H and O–H groups in total. The van der Waals surface area contributed by atoms with Crippen LogP contribution in [0.3, 0.4) is 0 Å². The molecule has 1 aromatic heterocycles. The summed E-state index contributed by atoms with van der Waals surface area (Å²) in [5.41, 5.74) is 0.254. The van der Waals surface area contributed by atoms with Gasteiger partial charge >= 0.3 is 5.97 Å². The fourth-order valence-electron chi connectivity index (χ4n) is 2.26. The molecule has 1 atom stereocenters. The third-order valence-corrected chi connectivity index (χ3v) is 4.79. The SMILES string of the molecule is COc1ccc(C(=O)OC(C)C(=O)c2ccc(CNC(C)=O)s2)cc1OC. The topological polar surface area (TPSA) is 90.9 Å². The van der Waals surface area contributed by atoms with Gasteiger partial charge in [-0.15, -0.1) is 11.3 Å². The molecule has 0 aliphatic heterocycles. The van der Waals surface area contributed by atoms with E-state index < -0.39 is 12.1 Å². The maximum absolute atomic E-state index is 12.5. The first kappa shape index (κ1) is 20.4. The second kappa shape index (κ2) is 9.18. The van der Waals surface area contributed by atoms with Gasteiger partial charge in [0.15, 0.2) is 17.6 Å². The van der Waals surface area contributed by atoms with Crippen LogP contribution in [0.2, 0.25) is 0 Å². The summed E-state index contributed by atoms with van der Waals surface area (Å²) < 4.78 is 15.6. The zero-order valence-corrected chi connectivity index (χ0v) is 16.3. The van der Waals surface area contributed by atoms with Crippen molar-refractivity contribution in [1.29, 1.82) is 0 Å². The molecule has 0 saturated heterocycles. The lowest BCUT2D eigenvalue weighted by atomic mass is 10.2. The molecule has 1 amide bonds. The predicted molar refractivity (Wildman–Crippen MR) is 101 cm³/mol. The first-order chi connectivity index (χ1) is 12.8. The summed E-state index contributed by atoms with van der Waals surface area (Å²) in [7, 11) is 2.96. The van der Waals surface area contributed by atoms with E-state index in [9.17, 15) is 14.4 Å². The number of hydrogen-bond acceptors (Lipinski definition) is 7. The van der Waals surface area contributed by atoms with Crippen LogP contribution < -0.4 is 14.8 Å². The Labute approximate surface area is 161 Å². The van der Waals surface area contributed by atoms with Gasteiger partial charge < -0.3 is 19.5 Å². The van der Waals surface area contributed by atoms with Crippen LogP contribution in [0.25, 0.3) is 0 Å². The molecule has 1 unspecified atom stereocenters. The Kier molecular flexibility index (Phi) is 6.95. The largest absolute Gasteiger partial charge is 0.493 e. The molecule has 0 fully saturated rings. The van der Waals surface area contributed by atoms with Crippen molar-refractivity contribution >= 4 is 29.0 Å². The number of ether oxygens (including phenoxy) is 3. The molecular weight excluding hydrogens is 370 g/mol. The number of carbonyl (C=O) groups excluding carboxylic acids is 3. The van der Waals surface area contributed by atoms with E-state index in [0.29, 0.717) is 22.9 Å². The maximum atomic E-state index is 12.5. The number of benzene rings is 1. The summed E-state index contributed by atoms with van der Waals surface area (Å²) in [6.07, 6.45) is -0.946. The molecule has 1 aromatic carbocycles. The molecule has 1 heterocycles. The van der Waals surface area contributed by atoms with Gasteiger partial charge in [-0.3, -0.25) is 9.59 Å². The quantitative estimate of drug-likeness (QED) is 0.550. The number of hydrogen-bond donors (Lipinski definition) is 1. The minimum atomic E-state index is -0.946. The number of rotatable bonds is 8. The van der Waals surface area contributed by atoms with Gasteiger partial charge in [0.05, 0.1) is 31.2 Å². The van der Waals surface area contributed by atoms with E-state index in [1.165, 1.54) is 51.5 Å². The normalized spacial score (nSPS) is 11.4. The zero-order chi connectivity index (χ0) is 20.0. The summed E-state index contributed by atoms with van der Waals surface area (Å²) in [5.74, 6) is -0.196. The van der Waals surface area contributed by atoms with E-state index >= 15 is 0 Å². The summed E-state index contributed by atoms with van der Waals surface area (Å²) >= 11 is 1.25. The number of methoxy groups -OCH3 is 2. The third-order valence-electron chi connectivity index (χ3n) is 3.69. The van der Waals surface area contributed by atoms with Crippen molar-refractivity contribution in [3.05, 3.63) is 45.6 Å². The van der Waals surface area contributed by atoms with E-state index in [-0.39, 0.29) is 17.3 Å². The predicted octanol–water partition coefficient (Wildman–Crippen LogP) is 2.83. The number of nitrogens with one attached hydrogen (secondary N) is 1. The van der Waals surface area contributed by atoms with Crippen LogP contribution in [0.1, 0.15) is 38.8 Å². The van der Waals surface area contributed by atoms with Gasteiger partial charge in [0.2, 0.25) is 11.7 Å². The molecule has 7 nitrogen and oxygen atoms in total. The highest BCUT2D eigenvalue weighted by Gasteiger charge is 2.22. The van der Waals surface area contributed by atoms with Crippen molar-refractivity contribution in [2.24, 2.45) is 0 Å². The lowest BCUT2D eigenvalue weighted by Crippen LogP contribution is -2.23. The highest BCUT2D eigenvalue weighted by Crippen LogP contribution is 2.28. The molecule has 2 rings (SSSR count). The van der Waals surface area contributed by atoms with Gasteiger partial charge in [-0.1, -0.05) is 0 Å². The summed E-state index contributed by atoms with van der Waals surface area (Å²) in [4.78, 5) is 37.1. The van der Waals surface area contributed by atoms with E-state index in [2.05, 4.69) is 5.32 Å². The van der Waals surface area contributed by atoms with Crippen molar-refractivity contribution < 1.29 is 28.6 Å². The first-order valence-corrected chi connectivity index (χ1v) is 8.97. The summed E-state index contributed by atoms with van der Waals surface area (Å²) in [6.45, 7) is 3.30. The van der Waals surface area contributed by atoms with Gasteiger partial charge in [0.25, 0.3) is 0 Å². The summed E-state index contributed by atoms with van der Waals surface area (Å²) in [6, 6.07) is 8.05. The van der Waals surface area contributed by atoms with E-state index in [1.807, 2.05) is 0 Å². The van der Waals surface area contributed by atoms with Crippen LogP contribution in [-0.4, -0.2) is 38.0 Å². The van der Waals surface area contributed by atoms with Crippen LogP contribution in [0.4, 0.5) is 0 Å².